The highest BCUT2D eigenvalue weighted by atomic mass is 35.5. The monoisotopic (exact) mass is 467 g/mol. The SMILES string of the molecule is COc1cc(OC)nc(Oc2cccc(Cl)c2C(=O)NS(=O)(=O)c2ccccc2F)n1. The van der Waals surface area contributed by atoms with E-state index in [1.165, 1.54) is 50.6 Å². The van der Waals surface area contributed by atoms with Crippen molar-refractivity contribution in [3.05, 3.63) is 64.9 Å². The summed E-state index contributed by atoms with van der Waals surface area (Å²) in [5.74, 6) is -2.06. The van der Waals surface area contributed by atoms with Gasteiger partial charge in [0.15, 0.2) is 0 Å². The first-order valence-corrected chi connectivity index (χ1v) is 10.4. The summed E-state index contributed by atoms with van der Waals surface area (Å²) in [4.78, 5) is 20.0. The molecule has 1 N–H and O–H groups in total. The van der Waals surface area contributed by atoms with Crippen LogP contribution in [-0.4, -0.2) is 38.5 Å². The summed E-state index contributed by atoms with van der Waals surface area (Å²) in [5.41, 5.74) is -0.325. The second kappa shape index (κ2) is 9.14. The summed E-state index contributed by atoms with van der Waals surface area (Å²) >= 11 is 6.11. The highest BCUT2D eigenvalue weighted by Crippen LogP contribution is 2.31. The first-order valence-electron chi connectivity index (χ1n) is 8.50. The summed E-state index contributed by atoms with van der Waals surface area (Å²) in [7, 11) is -1.78. The van der Waals surface area contributed by atoms with Gasteiger partial charge in [0.2, 0.25) is 11.8 Å². The van der Waals surface area contributed by atoms with Crippen LogP contribution in [0.4, 0.5) is 4.39 Å². The van der Waals surface area contributed by atoms with Crippen LogP contribution in [0.25, 0.3) is 0 Å². The van der Waals surface area contributed by atoms with E-state index in [4.69, 9.17) is 25.8 Å². The van der Waals surface area contributed by atoms with E-state index in [2.05, 4.69) is 9.97 Å². The minimum Gasteiger partial charge on any atom is -0.481 e. The van der Waals surface area contributed by atoms with Gasteiger partial charge in [-0.25, -0.2) is 17.5 Å². The molecule has 0 aliphatic heterocycles. The molecule has 3 aromatic rings. The van der Waals surface area contributed by atoms with Crippen LogP contribution in [-0.2, 0) is 10.0 Å². The summed E-state index contributed by atoms with van der Waals surface area (Å²) in [6, 6.07) is 9.94. The molecule has 1 heterocycles. The second-order valence-electron chi connectivity index (χ2n) is 5.82. The number of benzene rings is 2. The number of carbonyl (C=O) groups is 1. The first-order chi connectivity index (χ1) is 14.7. The van der Waals surface area contributed by atoms with Crippen LogP contribution in [0.2, 0.25) is 5.02 Å². The largest absolute Gasteiger partial charge is 0.481 e. The number of halogens is 2. The van der Waals surface area contributed by atoms with Gasteiger partial charge >= 0.3 is 6.01 Å². The van der Waals surface area contributed by atoms with E-state index in [-0.39, 0.29) is 34.1 Å². The molecule has 0 radical (unpaired) electrons. The van der Waals surface area contributed by atoms with Crippen molar-refractivity contribution < 1.29 is 31.8 Å². The molecule has 0 spiro atoms. The average Bonchev–Trinajstić information content (AvgIpc) is 2.73. The predicted molar refractivity (Wildman–Crippen MR) is 108 cm³/mol. The number of ether oxygens (including phenoxy) is 3. The van der Waals surface area contributed by atoms with Crippen molar-refractivity contribution in [3.63, 3.8) is 0 Å². The van der Waals surface area contributed by atoms with Gasteiger partial charge in [-0.3, -0.25) is 4.79 Å². The van der Waals surface area contributed by atoms with Gasteiger partial charge in [-0.2, -0.15) is 9.97 Å². The number of carbonyl (C=O) groups excluding carboxylic acids is 1. The number of rotatable bonds is 7. The van der Waals surface area contributed by atoms with Gasteiger partial charge in [0.1, 0.15) is 22.0 Å². The molecule has 9 nitrogen and oxygen atoms in total. The van der Waals surface area contributed by atoms with Gasteiger partial charge in [0.25, 0.3) is 15.9 Å². The van der Waals surface area contributed by atoms with Crippen LogP contribution in [0.5, 0.6) is 23.5 Å². The molecular weight excluding hydrogens is 453 g/mol. The third-order valence-electron chi connectivity index (χ3n) is 3.83. The molecule has 0 saturated heterocycles. The molecule has 1 aromatic heterocycles. The molecular formula is C19H15ClFN3O6S. The molecule has 1 amide bonds. The standard InChI is InChI=1S/C19H15ClFN3O6S/c1-28-15-10-16(29-2)23-19(22-15)30-13-8-5-6-11(20)17(13)18(25)24-31(26,27)14-9-4-3-7-12(14)21/h3-10H,1-2H3,(H,24,25). The Hall–Kier alpha value is -3.44. The van der Waals surface area contributed by atoms with Crippen molar-refractivity contribution in [2.24, 2.45) is 0 Å². The van der Waals surface area contributed by atoms with Crippen LogP contribution in [0.15, 0.2) is 53.4 Å². The lowest BCUT2D eigenvalue weighted by Crippen LogP contribution is -2.31. The number of sulfonamides is 1. The summed E-state index contributed by atoms with van der Waals surface area (Å²) in [6.45, 7) is 0. The van der Waals surface area contributed by atoms with Crippen molar-refractivity contribution in [2.75, 3.05) is 14.2 Å². The Labute approximate surface area is 181 Å². The van der Waals surface area contributed by atoms with E-state index in [0.29, 0.717) is 0 Å². The quantitative estimate of drug-likeness (QED) is 0.563. The van der Waals surface area contributed by atoms with Crippen LogP contribution in [0.1, 0.15) is 10.4 Å². The molecule has 0 bridgehead atoms. The normalized spacial score (nSPS) is 11.0. The van der Waals surface area contributed by atoms with Crippen molar-refractivity contribution in [1.82, 2.24) is 14.7 Å². The molecule has 31 heavy (non-hydrogen) atoms. The lowest BCUT2D eigenvalue weighted by Gasteiger charge is -2.13. The molecule has 0 saturated carbocycles. The molecule has 12 heteroatoms. The van der Waals surface area contributed by atoms with Crippen molar-refractivity contribution in [1.29, 1.82) is 0 Å². The fraction of sp³-hybridized carbons (Fsp3) is 0.105. The predicted octanol–water partition coefficient (Wildman–Crippen LogP) is 3.20. The van der Waals surface area contributed by atoms with E-state index in [0.717, 1.165) is 12.1 Å². The molecule has 2 aromatic carbocycles. The molecule has 0 aliphatic rings. The van der Waals surface area contributed by atoms with Gasteiger partial charge in [-0.05, 0) is 24.3 Å². The van der Waals surface area contributed by atoms with Crippen molar-refractivity contribution in [3.8, 4) is 23.5 Å². The minimum absolute atomic E-state index is 0.117. The van der Waals surface area contributed by atoms with Crippen LogP contribution >= 0.6 is 11.6 Å². The number of hydrogen-bond acceptors (Lipinski definition) is 8. The maximum Gasteiger partial charge on any atom is 0.328 e. The van der Waals surface area contributed by atoms with Crippen LogP contribution in [0.3, 0.4) is 0 Å². The zero-order valence-corrected chi connectivity index (χ0v) is 17.7. The number of nitrogens with zero attached hydrogens (tertiary/aromatic N) is 2. The third-order valence-corrected chi connectivity index (χ3v) is 5.51. The molecule has 3 rings (SSSR count). The van der Waals surface area contributed by atoms with Crippen molar-refractivity contribution in [2.45, 2.75) is 4.90 Å². The Morgan fingerprint density at radius 3 is 2.29 bits per heavy atom. The van der Waals surface area contributed by atoms with Gasteiger partial charge in [0, 0.05) is 0 Å². The number of aromatic nitrogens is 2. The highest BCUT2D eigenvalue weighted by Gasteiger charge is 2.26. The lowest BCUT2D eigenvalue weighted by molar-refractivity contribution is 0.0979. The van der Waals surface area contributed by atoms with Crippen LogP contribution < -0.4 is 18.9 Å². The smallest absolute Gasteiger partial charge is 0.328 e. The topological polar surface area (TPSA) is 117 Å². The van der Waals surface area contributed by atoms with E-state index in [1.807, 2.05) is 0 Å². The molecule has 0 unspecified atom stereocenters. The summed E-state index contributed by atoms with van der Waals surface area (Å²) < 4.78 is 56.2. The Morgan fingerprint density at radius 2 is 1.68 bits per heavy atom. The van der Waals surface area contributed by atoms with Crippen molar-refractivity contribution >= 4 is 27.5 Å². The number of amides is 1. The first kappa shape index (κ1) is 22.2. The number of nitrogens with one attached hydrogen (secondary N) is 1. The lowest BCUT2D eigenvalue weighted by atomic mass is 10.2. The third kappa shape index (κ3) is 5.01. The Kier molecular flexibility index (Phi) is 6.56. The summed E-state index contributed by atoms with van der Waals surface area (Å²) in [5, 5.41) is -0.117. The maximum atomic E-state index is 13.9. The number of hydrogen-bond donors (Lipinski definition) is 1. The fourth-order valence-corrected chi connectivity index (χ4v) is 3.73. The van der Waals surface area contributed by atoms with Gasteiger partial charge in [-0.1, -0.05) is 29.8 Å². The zero-order valence-electron chi connectivity index (χ0n) is 16.1. The zero-order chi connectivity index (χ0) is 22.6. The molecule has 0 atom stereocenters. The summed E-state index contributed by atoms with van der Waals surface area (Å²) in [6.07, 6.45) is 0. The molecule has 0 aliphatic carbocycles. The Morgan fingerprint density at radius 1 is 1.03 bits per heavy atom. The number of methoxy groups -OCH3 is 2. The fourth-order valence-electron chi connectivity index (χ4n) is 2.44. The van der Waals surface area contributed by atoms with Crippen LogP contribution in [0, 0.1) is 5.82 Å². The minimum atomic E-state index is -4.53. The average molecular weight is 468 g/mol. The second-order valence-corrected chi connectivity index (χ2v) is 7.87. The highest BCUT2D eigenvalue weighted by molar-refractivity contribution is 7.90. The van der Waals surface area contributed by atoms with E-state index in [1.54, 1.807) is 4.72 Å². The van der Waals surface area contributed by atoms with Gasteiger partial charge < -0.3 is 14.2 Å². The molecule has 0 fully saturated rings. The Balaban J connectivity index is 1.96. The van der Waals surface area contributed by atoms with E-state index in [9.17, 15) is 17.6 Å². The Bertz CT molecular complexity index is 1220. The maximum absolute atomic E-state index is 13.9. The molecule has 162 valence electrons. The van der Waals surface area contributed by atoms with E-state index < -0.39 is 26.6 Å². The van der Waals surface area contributed by atoms with Gasteiger partial charge in [-0.15, -0.1) is 0 Å². The van der Waals surface area contributed by atoms with E-state index >= 15 is 0 Å². The van der Waals surface area contributed by atoms with Gasteiger partial charge in [0.05, 0.1) is 25.3 Å².